The number of aryl methyl sites for hydroxylation is 1. The second-order valence-corrected chi connectivity index (χ2v) is 11.8. The molecular formula is C33H53N3O5. The summed E-state index contributed by atoms with van der Waals surface area (Å²) in [6.07, 6.45) is 13.0. The number of methoxy groups -OCH3 is 1. The molecule has 0 amide bonds. The first-order valence-corrected chi connectivity index (χ1v) is 15.2. The van der Waals surface area contributed by atoms with Crippen LogP contribution in [-0.4, -0.2) is 53.3 Å². The van der Waals surface area contributed by atoms with Crippen LogP contribution in [0.1, 0.15) is 109 Å². The van der Waals surface area contributed by atoms with Gasteiger partial charge in [0, 0.05) is 36.1 Å². The van der Waals surface area contributed by atoms with Crippen LogP contribution in [0.4, 0.5) is 0 Å². The first-order chi connectivity index (χ1) is 19.4. The van der Waals surface area contributed by atoms with Gasteiger partial charge in [0.05, 0.1) is 23.7 Å². The number of carboxylic acids is 2. The molecule has 6 N–H and O–H groups in total. The number of nitrogens with two attached hydrogens (primary N) is 2. The van der Waals surface area contributed by atoms with Gasteiger partial charge >= 0.3 is 11.9 Å². The number of hydrogen-bond donors (Lipinski definition) is 4. The van der Waals surface area contributed by atoms with Crippen molar-refractivity contribution in [3.63, 3.8) is 0 Å². The number of carboxylic acid groups (broad SMARTS) is 2. The number of rotatable bonds is 18. The maximum absolute atomic E-state index is 12.7. The standard InChI is InChI=1S/C33H53N3O5/c1-7-8-9-10-11-12-13-14-17-25(34)21-26(35)20-19-24-16-15-18-27(41-6)30(24)33(4)28(31(37)38)22(2)36(5)23(3)29(33)32(39)40/h15-16,18,25-26H,7-14,17,19-21,34-35H2,1-6H3,(H,37,38)(H,39,40). The zero-order chi connectivity index (χ0) is 30.7. The van der Waals surface area contributed by atoms with E-state index in [1.54, 1.807) is 38.8 Å². The minimum Gasteiger partial charge on any atom is -0.496 e. The number of nitrogens with zero attached hydrogens (tertiary/aromatic N) is 1. The first-order valence-electron chi connectivity index (χ1n) is 15.2. The fraction of sp³-hybridized carbons (Fsp3) is 0.636. The van der Waals surface area contributed by atoms with Crippen LogP contribution in [0.15, 0.2) is 40.7 Å². The lowest BCUT2D eigenvalue weighted by Crippen LogP contribution is -2.44. The highest BCUT2D eigenvalue weighted by Crippen LogP contribution is 2.50. The van der Waals surface area contributed by atoms with Crippen LogP contribution in [-0.2, 0) is 21.4 Å². The molecule has 2 rings (SSSR count). The number of aliphatic carboxylic acids is 2. The molecule has 0 fully saturated rings. The normalized spacial score (nSPS) is 16.6. The summed E-state index contributed by atoms with van der Waals surface area (Å²) in [5, 5.41) is 20.7. The quantitative estimate of drug-likeness (QED) is 0.154. The fourth-order valence-corrected chi connectivity index (χ4v) is 6.45. The number of carbonyl (C=O) groups is 2. The molecule has 8 nitrogen and oxygen atoms in total. The van der Waals surface area contributed by atoms with Crippen LogP contribution in [0.5, 0.6) is 5.75 Å². The largest absolute Gasteiger partial charge is 0.496 e. The number of ether oxygens (including phenoxy) is 1. The summed E-state index contributed by atoms with van der Waals surface area (Å²) in [6, 6.07) is 5.43. The Balaban J connectivity index is 2.23. The maximum Gasteiger partial charge on any atom is 0.334 e. The van der Waals surface area contributed by atoms with Gasteiger partial charge in [0.25, 0.3) is 0 Å². The van der Waals surface area contributed by atoms with Gasteiger partial charge in [0.1, 0.15) is 5.75 Å². The van der Waals surface area contributed by atoms with E-state index in [9.17, 15) is 19.8 Å². The molecule has 8 heteroatoms. The summed E-state index contributed by atoms with van der Waals surface area (Å²) in [4.78, 5) is 27.0. The summed E-state index contributed by atoms with van der Waals surface area (Å²) in [7, 11) is 3.21. The Kier molecular flexibility index (Phi) is 13.4. The van der Waals surface area contributed by atoms with Crippen LogP contribution < -0.4 is 16.2 Å². The van der Waals surface area contributed by atoms with Crippen molar-refractivity contribution in [2.24, 2.45) is 11.5 Å². The van der Waals surface area contributed by atoms with Crippen molar-refractivity contribution in [1.82, 2.24) is 4.90 Å². The molecule has 0 saturated heterocycles. The zero-order valence-corrected chi connectivity index (χ0v) is 26.1. The molecule has 0 radical (unpaired) electrons. The van der Waals surface area contributed by atoms with Crippen molar-refractivity contribution in [3.05, 3.63) is 51.9 Å². The van der Waals surface area contributed by atoms with Gasteiger partial charge in [-0.25, -0.2) is 9.59 Å². The fourth-order valence-electron chi connectivity index (χ4n) is 6.45. The van der Waals surface area contributed by atoms with E-state index in [0.29, 0.717) is 42.0 Å². The van der Waals surface area contributed by atoms with Crippen molar-refractivity contribution in [1.29, 1.82) is 0 Å². The van der Waals surface area contributed by atoms with E-state index in [0.717, 1.165) is 18.4 Å². The van der Waals surface area contributed by atoms with Crippen molar-refractivity contribution >= 4 is 11.9 Å². The second kappa shape index (κ2) is 16.0. The third-order valence-electron chi connectivity index (χ3n) is 8.81. The topological polar surface area (TPSA) is 139 Å². The molecule has 1 aromatic rings. The Labute approximate surface area is 246 Å². The highest BCUT2D eigenvalue weighted by Gasteiger charge is 2.50. The van der Waals surface area contributed by atoms with E-state index in [-0.39, 0.29) is 23.2 Å². The van der Waals surface area contributed by atoms with Crippen LogP contribution in [0.25, 0.3) is 0 Å². The molecule has 0 bridgehead atoms. The van der Waals surface area contributed by atoms with Gasteiger partial charge < -0.3 is 31.3 Å². The number of benzene rings is 1. The molecule has 0 aromatic heterocycles. The molecule has 2 unspecified atom stereocenters. The van der Waals surface area contributed by atoms with E-state index in [1.807, 2.05) is 12.1 Å². The SMILES string of the molecule is CCCCCCCCCCC(N)CC(N)CCc1cccc(OC)c1C1(C)C(C(=O)O)=C(C)N(C)C(C)=C1C(=O)O. The van der Waals surface area contributed by atoms with Gasteiger partial charge in [-0.2, -0.15) is 0 Å². The molecule has 2 atom stereocenters. The molecule has 1 aromatic carbocycles. The Hall–Kier alpha value is -2.84. The van der Waals surface area contributed by atoms with Crippen LogP contribution in [0, 0.1) is 0 Å². The minimum atomic E-state index is -1.45. The van der Waals surface area contributed by atoms with E-state index in [1.165, 1.54) is 52.1 Å². The smallest absolute Gasteiger partial charge is 0.334 e. The Bertz CT molecular complexity index is 1070. The Morgan fingerprint density at radius 3 is 1.93 bits per heavy atom. The molecule has 0 spiro atoms. The van der Waals surface area contributed by atoms with Crippen LogP contribution in [0.3, 0.4) is 0 Å². The van der Waals surface area contributed by atoms with Gasteiger partial charge in [-0.3, -0.25) is 0 Å². The molecule has 0 saturated carbocycles. The molecule has 0 aliphatic carbocycles. The number of unbranched alkanes of at least 4 members (excludes halogenated alkanes) is 7. The lowest BCUT2D eigenvalue weighted by atomic mass is 9.65. The molecule has 230 valence electrons. The van der Waals surface area contributed by atoms with Gasteiger partial charge in [-0.05, 0) is 58.1 Å². The molecular weight excluding hydrogens is 518 g/mol. The summed E-state index contributed by atoms with van der Waals surface area (Å²) < 4.78 is 5.72. The summed E-state index contributed by atoms with van der Waals surface area (Å²) >= 11 is 0. The van der Waals surface area contributed by atoms with E-state index < -0.39 is 17.4 Å². The first kappa shape index (κ1) is 34.4. The van der Waals surface area contributed by atoms with E-state index in [4.69, 9.17) is 16.2 Å². The second-order valence-electron chi connectivity index (χ2n) is 11.8. The average molecular weight is 572 g/mol. The number of hydrogen-bond acceptors (Lipinski definition) is 6. The Morgan fingerprint density at radius 2 is 1.41 bits per heavy atom. The van der Waals surface area contributed by atoms with Gasteiger partial charge in [-0.1, -0.05) is 70.4 Å². The summed E-state index contributed by atoms with van der Waals surface area (Å²) in [5.74, 6) is -1.88. The summed E-state index contributed by atoms with van der Waals surface area (Å²) in [5.41, 5.74) is 13.9. The van der Waals surface area contributed by atoms with Crippen molar-refractivity contribution in [2.45, 2.75) is 122 Å². The molecule has 41 heavy (non-hydrogen) atoms. The van der Waals surface area contributed by atoms with Gasteiger partial charge in [0.15, 0.2) is 0 Å². The monoisotopic (exact) mass is 571 g/mol. The molecule has 1 aliphatic heterocycles. The van der Waals surface area contributed by atoms with Crippen LogP contribution >= 0.6 is 0 Å². The minimum absolute atomic E-state index is 0.0189. The third-order valence-corrected chi connectivity index (χ3v) is 8.81. The van der Waals surface area contributed by atoms with Gasteiger partial charge in [0.2, 0.25) is 0 Å². The van der Waals surface area contributed by atoms with E-state index >= 15 is 0 Å². The molecule has 1 heterocycles. The predicted molar refractivity (Wildman–Crippen MR) is 165 cm³/mol. The number of allylic oxidation sites excluding steroid dienone is 2. The highest BCUT2D eigenvalue weighted by molar-refractivity contribution is 6.01. The van der Waals surface area contributed by atoms with Gasteiger partial charge in [-0.15, -0.1) is 0 Å². The third kappa shape index (κ3) is 8.35. The lowest BCUT2D eigenvalue weighted by Gasteiger charge is -2.42. The van der Waals surface area contributed by atoms with Crippen molar-refractivity contribution in [3.8, 4) is 5.75 Å². The van der Waals surface area contributed by atoms with Crippen LogP contribution in [0.2, 0.25) is 0 Å². The predicted octanol–water partition coefficient (Wildman–Crippen LogP) is 6.12. The zero-order valence-electron chi connectivity index (χ0n) is 26.1. The maximum atomic E-state index is 12.7. The van der Waals surface area contributed by atoms with Crippen molar-refractivity contribution < 1.29 is 24.5 Å². The lowest BCUT2D eigenvalue weighted by molar-refractivity contribution is -0.134. The summed E-state index contributed by atoms with van der Waals surface area (Å²) in [6.45, 7) is 7.34. The Morgan fingerprint density at radius 1 is 0.902 bits per heavy atom. The van der Waals surface area contributed by atoms with Crippen molar-refractivity contribution in [2.75, 3.05) is 14.2 Å². The average Bonchev–Trinajstić information content (AvgIpc) is 2.91. The highest BCUT2D eigenvalue weighted by atomic mass is 16.5. The molecule has 1 aliphatic rings. The van der Waals surface area contributed by atoms with E-state index in [2.05, 4.69) is 6.92 Å².